The smallest absolute Gasteiger partial charge is 0.322 e. The second-order valence-corrected chi connectivity index (χ2v) is 7.28. The highest BCUT2D eigenvalue weighted by atomic mass is 32.2. The lowest BCUT2D eigenvalue weighted by atomic mass is 10.1. The highest BCUT2D eigenvalue weighted by molar-refractivity contribution is 7.91. The van der Waals surface area contributed by atoms with Crippen LogP contribution < -0.4 is 4.72 Å². The largest absolute Gasteiger partial charge is 0.480 e. The first kappa shape index (κ1) is 14.1. The zero-order chi connectivity index (χ0) is 13.2. The fourth-order valence-electron chi connectivity index (χ4n) is 1.25. The summed E-state index contributed by atoms with van der Waals surface area (Å²) in [6, 6.07) is 2.05. The first-order chi connectivity index (χ1) is 7.74. The van der Waals surface area contributed by atoms with Crippen molar-refractivity contribution in [2.24, 2.45) is 5.92 Å². The molecule has 0 fully saturated rings. The number of thiophene rings is 1. The topological polar surface area (TPSA) is 83.5 Å². The Bertz CT molecular complexity index is 504. The maximum Gasteiger partial charge on any atom is 0.322 e. The molecule has 96 valence electrons. The van der Waals surface area contributed by atoms with Crippen LogP contribution in [0, 0.1) is 12.8 Å². The first-order valence-corrected chi connectivity index (χ1v) is 7.35. The van der Waals surface area contributed by atoms with Crippen LogP contribution >= 0.6 is 11.3 Å². The molecule has 1 atom stereocenters. The molecule has 5 nitrogen and oxygen atoms in total. The Hall–Kier alpha value is -0.920. The van der Waals surface area contributed by atoms with Crippen LogP contribution in [-0.2, 0) is 14.8 Å². The second kappa shape index (κ2) is 5.16. The summed E-state index contributed by atoms with van der Waals surface area (Å²) < 4.78 is 26.1. The van der Waals surface area contributed by atoms with Crippen molar-refractivity contribution in [2.75, 3.05) is 0 Å². The first-order valence-electron chi connectivity index (χ1n) is 5.05. The summed E-state index contributed by atoms with van der Waals surface area (Å²) >= 11 is 1.12. The molecule has 0 aromatic carbocycles. The molecule has 7 heteroatoms. The van der Waals surface area contributed by atoms with Crippen LogP contribution in [0.5, 0.6) is 0 Å². The maximum atomic E-state index is 11.9. The minimum absolute atomic E-state index is 0.141. The van der Waals surface area contributed by atoms with Crippen LogP contribution in [0.4, 0.5) is 0 Å². The summed E-state index contributed by atoms with van der Waals surface area (Å²) in [6.07, 6.45) is 0. The van der Waals surface area contributed by atoms with E-state index in [1.54, 1.807) is 26.8 Å². The van der Waals surface area contributed by atoms with E-state index in [2.05, 4.69) is 4.72 Å². The zero-order valence-electron chi connectivity index (χ0n) is 9.80. The molecule has 1 rings (SSSR count). The number of nitrogens with one attached hydrogen (secondary N) is 1. The lowest BCUT2D eigenvalue weighted by Gasteiger charge is -2.17. The van der Waals surface area contributed by atoms with E-state index in [9.17, 15) is 13.2 Å². The van der Waals surface area contributed by atoms with Gasteiger partial charge < -0.3 is 5.11 Å². The van der Waals surface area contributed by atoms with Gasteiger partial charge in [0.05, 0.1) is 0 Å². The monoisotopic (exact) mass is 277 g/mol. The molecular formula is C10H15NO4S2. The Morgan fingerprint density at radius 3 is 2.35 bits per heavy atom. The van der Waals surface area contributed by atoms with E-state index in [1.807, 2.05) is 0 Å². The van der Waals surface area contributed by atoms with Gasteiger partial charge in [-0.3, -0.25) is 4.79 Å². The predicted octanol–water partition coefficient (Wildman–Crippen LogP) is 1.44. The number of carbonyl (C=O) groups is 1. The van der Waals surface area contributed by atoms with Crippen molar-refractivity contribution in [1.82, 2.24) is 4.72 Å². The van der Waals surface area contributed by atoms with Gasteiger partial charge in [-0.25, -0.2) is 8.42 Å². The molecule has 2 N–H and O–H groups in total. The Balaban J connectivity index is 2.97. The quantitative estimate of drug-likeness (QED) is 0.853. The van der Waals surface area contributed by atoms with Crippen LogP contribution in [0.1, 0.15) is 18.7 Å². The highest BCUT2D eigenvalue weighted by Gasteiger charge is 2.28. The van der Waals surface area contributed by atoms with Crippen molar-refractivity contribution >= 4 is 27.3 Å². The normalized spacial score (nSPS) is 13.9. The number of aryl methyl sites for hydroxylation is 1. The number of carboxylic acids is 1. The minimum Gasteiger partial charge on any atom is -0.480 e. The highest BCUT2D eigenvalue weighted by Crippen LogP contribution is 2.21. The molecule has 1 aromatic heterocycles. The Kier molecular flexibility index (Phi) is 4.29. The lowest BCUT2D eigenvalue weighted by Crippen LogP contribution is -2.43. The van der Waals surface area contributed by atoms with Gasteiger partial charge in [-0.05, 0) is 25.0 Å². The molecular weight excluding hydrogens is 262 g/mol. The molecule has 1 aromatic rings. The molecule has 1 heterocycles. The van der Waals surface area contributed by atoms with Crippen LogP contribution in [0.2, 0.25) is 0 Å². The van der Waals surface area contributed by atoms with Crippen LogP contribution in [-0.4, -0.2) is 25.5 Å². The molecule has 0 spiro atoms. The lowest BCUT2D eigenvalue weighted by molar-refractivity contribution is -0.140. The average molecular weight is 277 g/mol. The molecule has 0 unspecified atom stereocenters. The summed E-state index contributed by atoms with van der Waals surface area (Å²) in [6.45, 7) is 5.10. The van der Waals surface area contributed by atoms with Crippen molar-refractivity contribution in [3.05, 3.63) is 17.0 Å². The third-order valence-electron chi connectivity index (χ3n) is 2.20. The van der Waals surface area contributed by atoms with E-state index in [0.717, 1.165) is 16.2 Å². The van der Waals surface area contributed by atoms with Crippen LogP contribution in [0.25, 0.3) is 0 Å². The van der Waals surface area contributed by atoms with Gasteiger partial charge in [0.25, 0.3) is 10.0 Å². The Morgan fingerprint density at radius 1 is 1.41 bits per heavy atom. The summed E-state index contributed by atoms with van der Waals surface area (Å²) in [4.78, 5) is 11.8. The molecule has 0 amide bonds. The van der Waals surface area contributed by atoms with E-state index >= 15 is 0 Å². The van der Waals surface area contributed by atoms with Gasteiger partial charge in [0.1, 0.15) is 10.3 Å². The average Bonchev–Trinajstić information content (AvgIpc) is 2.61. The second-order valence-electron chi connectivity index (χ2n) is 4.05. The van der Waals surface area contributed by atoms with Crippen LogP contribution in [0.15, 0.2) is 16.3 Å². The standard InChI is InChI=1S/C10H15NO4S2/c1-6(2)9(10(12)13)11-17(14,15)8-5-4-7(3)16-8/h4-6,9,11H,1-3H3,(H,12,13)/t9-/m0/s1. The molecule has 17 heavy (non-hydrogen) atoms. The van der Waals surface area contributed by atoms with Gasteiger partial charge in [-0.15, -0.1) is 11.3 Å². The molecule has 0 aliphatic heterocycles. The number of hydrogen-bond acceptors (Lipinski definition) is 4. The van der Waals surface area contributed by atoms with Gasteiger partial charge in [0.15, 0.2) is 0 Å². The van der Waals surface area contributed by atoms with Gasteiger partial charge in [-0.2, -0.15) is 4.72 Å². The molecule has 0 saturated carbocycles. The Labute approximate surface area is 105 Å². The summed E-state index contributed by atoms with van der Waals surface area (Å²) in [5.41, 5.74) is 0. The fraction of sp³-hybridized carbons (Fsp3) is 0.500. The van der Waals surface area contributed by atoms with E-state index in [1.165, 1.54) is 6.07 Å². The molecule has 0 radical (unpaired) electrons. The summed E-state index contributed by atoms with van der Waals surface area (Å²) in [5, 5.41) is 8.94. The number of rotatable bonds is 5. The minimum atomic E-state index is -3.74. The number of carboxylic acid groups (broad SMARTS) is 1. The van der Waals surface area contributed by atoms with E-state index in [-0.39, 0.29) is 10.1 Å². The predicted molar refractivity (Wildman–Crippen MR) is 65.6 cm³/mol. The summed E-state index contributed by atoms with van der Waals surface area (Å²) in [5.74, 6) is -1.49. The van der Waals surface area contributed by atoms with E-state index in [0.29, 0.717) is 0 Å². The third-order valence-corrected chi connectivity index (χ3v) is 5.13. The van der Waals surface area contributed by atoms with Gasteiger partial charge in [0.2, 0.25) is 0 Å². The number of hydrogen-bond donors (Lipinski definition) is 2. The van der Waals surface area contributed by atoms with E-state index in [4.69, 9.17) is 5.11 Å². The molecule has 0 bridgehead atoms. The molecule has 0 aliphatic carbocycles. The van der Waals surface area contributed by atoms with Crippen molar-refractivity contribution < 1.29 is 18.3 Å². The van der Waals surface area contributed by atoms with Crippen molar-refractivity contribution in [2.45, 2.75) is 31.0 Å². The molecule has 0 saturated heterocycles. The number of sulfonamides is 1. The zero-order valence-corrected chi connectivity index (χ0v) is 11.4. The van der Waals surface area contributed by atoms with Crippen molar-refractivity contribution in [3.8, 4) is 0 Å². The maximum absolute atomic E-state index is 11.9. The molecule has 0 aliphatic rings. The number of aliphatic carboxylic acids is 1. The SMILES string of the molecule is Cc1ccc(S(=O)(=O)N[C@H](C(=O)O)C(C)C)s1. The van der Waals surface area contributed by atoms with Gasteiger partial charge >= 0.3 is 5.97 Å². The van der Waals surface area contributed by atoms with Crippen LogP contribution in [0.3, 0.4) is 0 Å². The van der Waals surface area contributed by atoms with E-state index < -0.39 is 22.0 Å². The Morgan fingerprint density at radius 2 is 2.00 bits per heavy atom. The van der Waals surface area contributed by atoms with Gasteiger partial charge in [0, 0.05) is 4.88 Å². The third kappa shape index (κ3) is 3.52. The fourth-order valence-corrected chi connectivity index (χ4v) is 3.89. The van der Waals surface area contributed by atoms with Crippen molar-refractivity contribution in [3.63, 3.8) is 0 Å². The van der Waals surface area contributed by atoms with Crippen molar-refractivity contribution in [1.29, 1.82) is 0 Å². The van der Waals surface area contributed by atoms with Gasteiger partial charge in [-0.1, -0.05) is 13.8 Å². The summed E-state index contributed by atoms with van der Waals surface area (Å²) in [7, 11) is -3.74.